The second kappa shape index (κ2) is 9.71. The van der Waals surface area contributed by atoms with E-state index in [1.807, 2.05) is 32.9 Å². The van der Waals surface area contributed by atoms with Gasteiger partial charge in [-0.1, -0.05) is 25.0 Å². The van der Waals surface area contributed by atoms with E-state index in [2.05, 4.69) is 17.0 Å². The van der Waals surface area contributed by atoms with E-state index in [9.17, 15) is 9.59 Å². The van der Waals surface area contributed by atoms with Crippen LogP contribution in [0.5, 0.6) is 5.75 Å². The van der Waals surface area contributed by atoms with E-state index in [1.165, 1.54) is 5.56 Å². The molecule has 0 radical (unpaired) electrons. The minimum Gasteiger partial charge on any atom is -0.497 e. The Morgan fingerprint density at radius 1 is 0.933 bits per heavy atom. The standard InChI is InChI=1S/C24H36N2O4/c1-24(2,3)30-23(28)25-16-13-19(14-17-25)22(27)26-15-7-5-6-8-21(26)18-9-11-20(29-4)12-10-18/h9-12,19,21H,5-8,13-17H2,1-4H3/t21-/m1/s1. The zero-order valence-electron chi connectivity index (χ0n) is 18.9. The number of carbonyl (C=O) groups excluding carboxylic acids is 2. The summed E-state index contributed by atoms with van der Waals surface area (Å²) < 4.78 is 10.8. The minimum atomic E-state index is -0.499. The fraction of sp³-hybridized carbons (Fsp3) is 0.667. The van der Waals surface area contributed by atoms with Gasteiger partial charge in [-0.15, -0.1) is 0 Å². The van der Waals surface area contributed by atoms with Crippen LogP contribution in [0.3, 0.4) is 0 Å². The number of methoxy groups -OCH3 is 1. The summed E-state index contributed by atoms with van der Waals surface area (Å²) in [5.74, 6) is 1.05. The van der Waals surface area contributed by atoms with Crippen molar-refractivity contribution in [2.75, 3.05) is 26.7 Å². The lowest BCUT2D eigenvalue weighted by Gasteiger charge is -2.37. The highest BCUT2D eigenvalue weighted by Crippen LogP contribution is 2.34. The van der Waals surface area contributed by atoms with Crippen LogP contribution in [-0.2, 0) is 9.53 Å². The molecule has 3 rings (SSSR count). The van der Waals surface area contributed by atoms with Gasteiger partial charge in [-0.3, -0.25) is 4.79 Å². The van der Waals surface area contributed by atoms with Gasteiger partial charge in [-0.25, -0.2) is 4.79 Å². The summed E-state index contributed by atoms with van der Waals surface area (Å²) in [5, 5.41) is 0. The molecule has 2 amide bonds. The summed E-state index contributed by atoms with van der Waals surface area (Å²) in [6.45, 7) is 7.58. The summed E-state index contributed by atoms with van der Waals surface area (Å²) in [5.41, 5.74) is 0.679. The van der Waals surface area contributed by atoms with Gasteiger partial charge in [0.2, 0.25) is 5.91 Å². The lowest BCUT2D eigenvalue weighted by molar-refractivity contribution is -0.139. The summed E-state index contributed by atoms with van der Waals surface area (Å²) in [7, 11) is 1.67. The summed E-state index contributed by atoms with van der Waals surface area (Å²) >= 11 is 0. The maximum atomic E-state index is 13.5. The fourth-order valence-corrected chi connectivity index (χ4v) is 4.41. The molecule has 2 heterocycles. The first-order valence-corrected chi connectivity index (χ1v) is 11.2. The van der Waals surface area contributed by atoms with Crippen molar-refractivity contribution in [2.24, 2.45) is 5.92 Å². The number of carbonyl (C=O) groups is 2. The topological polar surface area (TPSA) is 59.1 Å². The molecule has 1 aromatic rings. The number of ether oxygens (including phenoxy) is 2. The molecule has 0 N–H and O–H groups in total. The molecule has 1 aromatic carbocycles. The van der Waals surface area contributed by atoms with E-state index in [0.717, 1.165) is 38.0 Å². The molecule has 30 heavy (non-hydrogen) atoms. The largest absolute Gasteiger partial charge is 0.497 e. The molecular weight excluding hydrogens is 380 g/mol. The number of benzene rings is 1. The van der Waals surface area contributed by atoms with Gasteiger partial charge >= 0.3 is 6.09 Å². The Balaban J connectivity index is 1.65. The van der Waals surface area contributed by atoms with Crippen LogP contribution in [0.2, 0.25) is 0 Å². The molecule has 2 aliphatic rings. The van der Waals surface area contributed by atoms with Gasteiger partial charge in [0.25, 0.3) is 0 Å². The lowest BCUT2D eigenvalue weighted by Crippen LogP contribution is -2.46. The van der Waals surface area contributed by atoms with Crippen molar-refractivity contribution in [3.63, 3.8) is 0 Å². The summed E-state index contributed by atoms with van der Waals surface area (Å²) in [4.78, 5) is 29.6. The maximum absolute atomic E-state index is 13.5. The van der Waals surface area contributed by atoms with Gasteiger partial charge in [0, 0.05) is 25.6 Å². The lowest BCUT2D eigenvalue weighted by atomic mass is 9.93. The molecule has 0 aliphatic carbocycles. The van der Waals surface area contributed by atoms with E-state index in [-0.39, 0.29) is 24.0 Å². The third-order valence-corrected chi connectivity index (χ3v) is 6.03. The van der Waals surface area contributed by atoms with E-state index >= 15 is 0 Å². The normalized spacial score (nSPS) is 21.1. The quantitative estimate of drug-likeness (QED) is 0.711. The smallest absolute Gasteiger partial charge is 0.410 e. The zero-order chi connectivity index (χ0) is 21.7. The fourth-order valence-electron chi connectivity index (χ4n) is 4.41. The highest BCUT2D eigenvalue weighted by molar-refractivity contribution is 5.80. The average Bonchev–Trinajstić information content (AvgIpc) is 2.98. The number of piperidine rings is 1. The molecule has 2 aliphatic heterocycles. The maximum Gasteiger partial charge on any atom is 0.410 e. The second-order valence-corrected chi connectivity index (χ2v) is 9.41. The zero-order valence-corrected chi connectivity index (χ0v) is 18.9. The van der Waals surface area contributed by atoms with Crippen molar-refractivity contribution in [1.82, 2.24) is 9.80 Å². The van der Waals surface area contributed by atoms with E-state index in [0.29, 0.717) is 25.9 Å². The van der Waals surface area contributed by atoms with Crippen LogP contribution in [0.1, 0.15) is 70.9 Å². The molecule has 0 aromatic heterocycles. The Morgan fingerprint density at radius 2 is 1.60 bits per heavy atom. The molecule has 0 spiro atoms. The number of nitrogens with zero attached hydrogens (tertiary/aromatic N) is 2. The molecular formula is C24H36N2O4. The van der Waals surface area contributed by atoms with Crippen molar-refractivity contribution < 1.29 is 19.1 Å². The van der Waals surface area contributed by atoms with Gasteiger partial charge in [-0.05, 0) is 64.2 Å². The molecule has 1 atom stereocenters. The van der Waals surface area contributed by atoms with Gasteiger partial charge < -0.3 is 19.3 Å². The Hall–Kier alpha value is -2.24. The second-order valence-electron chi connectivity index (χ2n) is 9.41. The highest BCUT2D eigenvalue weighted by Gasteiger charge is 2.35. The van der Waals surface area contributed by atoms with E-state index in [4.69, 9.17) is 9.47 Å². The van der Waals surface area contributed by atoms with Crippen molar-refractivity contribution in [2.45, 2.75) is 70.9 Å². The Kier molecular flexibility index (Phi) is 7.27. The van der Waals surface area contributed by atoms with Crippen LogP contribution in [0.25, 0.3) is 0 Å². The average molecular weight is 417 g/mol. The van der Waals surface area contributed by atoms with Crippen molar-refractivity contribution in [1.29, 1.82) is 0 Å². The number of hydrogen-bond acceptors (Lipinski definition) is 4. The number of rotatable bonds is 3. The third-order valence-electron chi connectivity index (χ3n) is 6.03. The predicted octanol–water partition coefficient (Wildman–Crippen LogP) is 4.79. The Labute approximate surface area is 180 Å². The van der Waals surface area contributed by atoms with Gasteiger partial charge in [0.1, 0.15) is 11.4 Å². The van der Waals surface area contributed by atoms with Crippen LogP contribution in [0.4, 0.5) is 4.79 Å². The van der Waals surface area contributed by atoms with Gasteiger partial charge in [-0.2, -0.15) is 0 Å². The highest BCUT2D eigenvalue weighted by atomic mass is 16.6. The first kappa shape index (κ1) is 22.4. The van der Waals surface area contributed by atoms with Gasteiger partial charge in [0.05, 0.1) is 13.2 Å². The first-order chi connectivity index (χ1) is 14.3. The van der Waals surface area contributed by atoms with Gasteiger partial charge in [0.15, 0.2) is 0 Å². The van der Waals surface area contributed by atoms with Crippen LogP contribution >= 0.6 is 0 Å². The predicted molar refractivity (Wildman–Crippen MR) is 116 cm³/mol. The molecule has 0 saturated carbocycles. The van der Waals surface area contributed by atoms with E-state index in [1.54, 1.807) is 12.0 Å². The van der Waals surface area contributed by atoms with Crippen LogP contribution in [0.15, 0.2) is 24.3 Å². The molecule has 6 nitrogen and oxygen atoms in total. The first-order valence-electron chi connectivity index (χ1n) is 11.2. The minimum absolute atomic E-state index is 0.0254. The molecule has 2 saturated heterocycles. The van der Waals surface area contributed by atoms with Crippen molar-refractivity contribution in [3.05, 3.63) is 29.8 Å². The number of hydrogen-bond donors (Lipinski definition) is 0. The van der Waals surface area contributed by atoms with Crippen molar-refractivity contribution >= 4 is 12.0 Å². The molecule has 0 unspecified atom stereocenters. The summed E-state index contributed by atoms with van der Waals surface area (Å²) in [6.07, 6.45) is 5.46. The Bertz CT molecular complexity index is 718. The summed E-state index contributed by atoms with van der Waals surface area (Å²) in [6, 6.07) is 8.24. The molecule has 2 fully saturated rings. The van der Waals surface area contributed by atoms with Crippen molar-refractivity contribution in [3.8, 4) is 5.75 Å². The molecule has 6 heteroatoms. The number of amides is 2. The number of likely N-dealkylation sites (tertiary alicyclic amines) is 2. The van der Waals surface area contributed by atoms with Crippen LogP contribution in [-0.4, -0.2) is 54.1 Å². The van der Waals surface area contributed by atoms with Crippen LogP contribution < -0.4 is 4.74 Å². The monoisotopic (exact) mass is 416 g/mol. The molecule has 166 valence electrons. The van der Waals surface area contributed by atoms with E-state index < -0.39 is 5.60 Å². The third kappa shape index (κ3) is 5.67. The molecule has 0 bridgehead atoms. The Morgan fingerprint density at radius 3 is 2.20 bits per heavy atom. The SMILES string of the molecule is COc1ccc([C@H]2CCCCCN2C(=O)C2CCN(C(=O)OC(C)(C)C)CC2)cc1. The van der Waals surface area contributed by atoms with Crippen LogP contribution in [0, 0.1) is 5.92 Å².